The van der Waals surface area contributed by atoms with Crippen LogP contribution in [0.5, 0.6) is 0 Å². The van der Waals surface area contributed by atoms with Crippen LogP contribution in [0.1, 0.15) is 19.8 Å². The van der Waals surface area contributed by atoms with E-state index in [0.717, 1.165) is 6.42 Å². The summed E-state index contributed by atoms with van der Waals surface area (Å²) in [6.07, 6.45) is 1.18. The Bertz CT molecular complexity index is 468. The Morgan fingerprint density at radius 3 is 2.50 bits per heavy atom. The standard InChI is InChI=1S/C9H17NO4S2/c1-2-7-5-16(13,14)9-6-15(11,12)4-3-8(9)10-7/h7-10H,2-6H2,1H3. The number of sulfone groups is 2. The monoisotopic (exact) mass is 267 g/mol. The Kier molecular flexibility index (Phi) is 3.05. The summed E-state index contributed by atoms with van der Waals surface area (Å²) in [6, 6.07) is -0.195. The van der Waals surface area contributed by atoms with Crippen LogP contribution in [-0.2, 0) is 19.7 Å². The molecule has 16 heavy (non-hydrogen) atoms. The summed E-state index contributed by atoms with van der Waals surface area (Å²) in [6.45, 7) is 1.94. The zero-order valence-electron chi connectivity index (χ0n) is 9.22. The summed E-state index contributed by atoms with van der Waals surface area (Å²) in [5.74, 6) is -0.0310. The molecule has 5 nitrogen and oxygen atoms in total. The molecule has 0 bridgehead atoms. The third-order valence-electron chi connectivity index (χ3n) is 3.44. The van der Waals surface area contributed by atoms with Crippen LogP contribution in [0.4, 0.5) is 0 Å². The van der Waals surface area contributed by atoms with Gasteiger partial charge in [0.05, 0.1) is 22.5 Å². The van der Waals surface area contributed by atoms with Crippen molar-refractivity contribution < 1.29 is 16.8 Å². The molecule has 2 fully saturated rings. The van der Waals surface area contributed by atoms with Gasteiger partial charge >= 0.3 is 0 Å². The molecule has 1 N–H and O–H groups in total. The summed E-state index contributed by atoms with van der Waals surface area (Å²) < 4.78 is 46.8. The molecule has 0 amide bonds. The normalized spacial score (nSPS) is 41.2. The molecule has 2 rings (SSSR count). The molecule has 0 aromatic rings. The molecule has 0 spiro atoms. The van der Waals surface area contributed by atoms with Gasteiger partial charge in [-0.3, -0.25) is 0 Å². The molecule has 94 valence electrons. The molecule has 7 heteroatoms. The van der Waals surface area contributed by atoms with E-state index in [1.165, 1.54) is 0 Å². The number of fused-ring (bicyclic) bond motifs is 1. The molecule has 3 atom stereocenters. The van der Waals surface area contributed by atoms with Gasteiger partial charge in [-0.2, -0.15) is 0 Å². The van der Waals surface area contributed by atoms with E-state index in [1.807, 2.05) is 6.92 Å². The predicted octanol–water partition coefficient (Wildman–Crippen LogP) is -0.661. The average Bonchev–Trinajstić information content (AvgIpc) is 2.17. The molecule has 2 saturated heterocycles. The number of hydrogen-bond acceptors (Lipinski definition) is 5. The first-order valence-corrected chi connectivity index (χ1v) is 9.06. The quantitative estimate of drug-likeness (QED) is 0.682. The van der Waals surface area contributed by atoms with E-state index in [9.17, 15) is 16.8 Å². The van der Waals surface area contributed by atoms with Crippen molar-refractivity contribution in [2.75, 3.05) is 17.3 Å². The topological polar surface area (TPSA) is 80.3 Å². The van der Waals surface area contributed by atoms with E-state index in [4.69, 9.17) is 0 Å². The Balaban J connectivity index is 2.28. The highest BCUT2D eigenvalue weighted by Crippen LogP contribution is 2.25. The SMILES string of the molecule is CCC1CS(=O)(=O)C2CS(=O)(=O)CCC2N1. The highest BCUT2D eigenvalue weighted by atomic mass is 32.2. The minimum atomic E-state index is -3.26. The Labute approximate surface area is 96.4 Å². The average molecular weight is 267 g/mol. The highest BCUT2D eigenvalue weighted by molar-refractivity contribution is 7.95. The number of hydrogen-bond donors (Lipinski definition) is 1. The molecule has 0 saturated carbocycles. The van der Waals surface area contributed by atoms with Crippen molar-refractivity contribution >= 4 is 19.7 Å². The lowest BCUT2D eigenvalue weighted by atomic mass is 10.1. The second kappa shape index (κ2) is 3.96. The van der Waals surface area contributed by atoms with Gasteiger partial charge in [-0.15, -0.1) is 0 Å². The summed E-state index contributed by atoms with van der Waals surface area (Å²) in [5.41, 5.74) is 0. The fourth-order valence-corrected chi connectivity index (χ4v) is 7.30. The fraction of sp³-hybridized carbons (Fsp3) is 1.00. The van der Waals surface area contributed by atoms with Crippen LogP contribution in [0.15, 0.2) is 0 Å². The van der Waals surface area contributed by atoms with Gasteiger partial charge in [0.2, 0.25) is 0 Å². The second-order valence-corrected chi connectivity index (χ2v) is 9.14. The molecular weight excluding hydrogens is 250 g/mol. The Morgan fingerprint density at radius 1 is 1.19 bits per heavy atom. The third kappa shape index (κ3) is 2.26. The molecule has 0 aliphatic carbocycles. The van der Waals surface area contributed by atoms with Gasteiger partial charge in [0.1, 0.15) is 0 Å². The van der Waals surface area contributed by atoms with Crippen molar-refractivity contribution in [3.8, 4) is 0 Å². The first kappa shape index (κ1) is 12.3. The van der Waals surface area contributed by atoms with E-state index in [2.05, 4.69) is 5.32 Å². The molecule has 0 aromatic heterocycles. The molecule has 2 aliphatic rings. The smallest absolute Gasteiger partial charge is 0.157 e. The summed E-state index contributed by atoms with van der Waals surface area (Å²) in [5, 5.41) is 2.53. The van der Waals surface area contributed by atoms with Crippen molar-refractivity contribution in [3.63, 3.8) is 0 Å². The molecule has 2 heterocycles. The van der Waals surface area contributed by atoms with Crippen LogP contribution in [0.25, 0.3) is 0 Å². The number of nitrogens with one attached hydrogen (secondary N) is 1. The molecule has 3 unspecified atom stereocenters. The van der Waals surface area contributed by atoms with Crippen LogP contribution in [0.3, 0.4) is 0 Å². The van der Waals surface area contributed by atoms with Crippen molar-refractivity contribution in [1.29, 1.82) is 0 Å². The van der Waals surface area contributed by atoms with E-state index < -0.39 is 24.9 Å². The predicted molar refractivity (Wildman–Crippen MR) is 61.8 cm³/mol. The van der Waals surface area contributed by atoms with Crippen LogP contribution in [-0.4, -0.2) is 51.4 Å². The first-order valence-electron chi connectivity index (χ1n) is 5.52. The second-order valence-electron chi connectivity index (χ2n) is 4.65. The summed E-state index contributed by atoms with van der Waals surface area (Å²) in [4.78, 5) is 0. The van der Waals surface area contributed by atoms with Crippen LogP contribution in [0.2, 0.25) is 0 Å². The van der Waals surface area contributed by atoms with Gasteiger partial charge in [-0.25, -0.2) is 16.8 Å². The Hall–Kier alpha value is -0.140. The molecule has 0 aromatic carbocycles. The molecular formula is C9H17NO4S2. The van der Waals surface area contributed by atoms with Gasteiger partial charge < -0.3 is 5.32 Å². The van der Waals surface area contributed by atoms with E-state index in [0.29, 0.717) is 6.42 Å². The number of rotatable bonds is 1. The summed E-state index contributed by atoms with van der Waals surface area (Å²) in [7, 11) is -6.43. The van der Waals surface area contributed by atoms with Crippen molar-refractivity contribution in [1.82, 2.24) is 5.32 Å². The molecule has 0 radical (unpaired) electrons. The van der Waals surface area contributed by atoms with E-state index >= 15 is 0 Å². The first-order chi connectivity index (χ1) is 7.34. The fourth-order valence-electron chi connectivity index (χ4n) is 2.48. The van der Waals surface area contributed by atoms with E-state index in [1.54, 1.807) is 0 Å². The maximum absolute atomic E-state index is 12.0. The van der Waals surface area contributed by atoms with Crippen LogP contribution >= 0.6 is 0 Å². The maximum atomic E-state index is 12.0. The maximum Gasteiger partial charge on any atom is 0.157 e. The third-order valence-corrected chi connectivity index (χ3v) is 7.66. The van der Waals surface area contributed by atoms with Crippen molar-refractivity contribution in [3.05, 3.63) is 0 Å². The minimum Gasteiger partial charge on any atom is -0.309 e. The summed E-state index contributed by atoms with van der Waals surface area (Å²) >= 11 is 0. The largest absolute Gasteiger partial charge is 0.309 e. The van der Waals surface area contributed by atoms with Gasteiger partial charge in [-0.05, 0) is 12.8 Å². The highest BCUT2D eigenvalue weighted by Gasteiger charge is 2.45. The van der Waals surface area contributed by atoms with Crippen molar-refractivity contribution in [2.45, 2.75) is 37.1 Å². The Morgan fingerprint density at radius 2 is 1.88 bits per heavy atom. The lowest BCUT2D eigenvalue weighted by Crippen LogP contribution is -2.61. The van der Waals surface area contributed by atoms with Gasteiger partial charge in [-0.1, -0.05) is 6.92 Å². The van der Waals surface area contributed by atoms with Gasteiger partial charge in [0, 0.05) is 12.1 Å². The minimum absolute atomic E-state index is 0.0212. The van der Waals surface area contributed by atoms with E-state index in [-0.39, 0.29) is 29.3 Å². The zero-order chi connectivity index (χ0) is 12.0. The van der Waals surface area contributed by atoms with Crippen molar-refractivity contribution in [2.24, 2.45) is 0 Å². The lowest BCUT2D eigenvalue weighted by Gasteiger charge is -2.39. The van der Waals surface area contributed by atoms with Gasteiger partial charge in [0.25, 0.3) is 0 Å². The van der Waals surface area contributed by atoms with Gasteiger partial charge in [0.15, 0.2) is 19.7 Å². The van der Waals surface area contributed by atoms with Crippen LogP contribution < -0.4 is 5.32 Å². The zero-order valence-corrected chi connectivity index (χ0v) is 10.9. The molecule has 2 aliphatic heterocycles. The lowest BCUT2D eigenvalue weighted by molar-refractivity contribution is 0.380. The van der Waals surface area contributed by atoms with Crippen LogP contribution in [0, 0.1) is 0 Å².